The summed E-state index contributed by atoms with van der Waals surface area (Å²) in [6, 6.07) is 10.2. The number of piperazine rings is 1. The highest BCUT2D eigenvalue weighted by atomic mass is 32.2. The minimum absolute atomic E-state index is 0.0961. The van der Waals surface area contributed by atoms with Gasteiger partial charge in [-0.3, -0.25) is 4.79 Å². The Kier molecular flexibility index (Phi) is 5.66. The van der Waals surface area contributed by atoms with Crippen molar-refractivity contribution in [3.63, 3.8) is 0 Å². The van der Waals surface area contributed by atoms with Gasteiger partial charge in [-0.15, -0.1) is 11.8 Å². The van der Waals surface area contributed by atoms with Crippen LogP contribution in [-0.2, 0) is 4.79 Å². The van der Waals surface area contributed by atoms with E-state index in [9.17, 15) is 4.79 Å². The fraction of sp³-hybridized carbons (Fsp3) is 0.421. The lowest BCUT2D eigenvalue weighted by Crippen LogP contribution is -2.51. The van der Waals surface area contributed by atoms with Crippen molar-refractivity contribution in [1.82, 2.24) is 14.9 Å². The maximum Gasteiger partial charge on any atom is 0.235 e. The largest absolute Gasteiger partial charge is 0.368 e. The Balaban J connectivity index is 1.56. The molecule has 3 rings (SSSR count). The molecule has 7 heteroatoms. The molecule has 1 atom stereocenters. The number of anilines is 2. The van der Waals surface area contributed by atoms with Gasteiger partial charge in [0.05, 0.1) is 5.25 Å². The first-order chi connectivity index (χ1) is 12.4. The van der Waals surface area contributed by atoms with Gasteiger partial charge in [-0.25, -0.2) is 4.98 Å². The molecule has 1 aromatic carbocycles. The average molecular weight is 372 g/mol. The fourth-order valence-corrected chi connectivity index (χ4v) is 3.97. The highest BCUT2D eigenvalue weighted by Crippen LogP contribution is 2.25. The van der Waals surface area contributed by atoms with Crippen molar-refractivity contribution in [3.8, 4) is 0 Å². The third-order valence-electron chi connectivity index (χ3n) is 4.45. The third kappa shape index (κ3) is 4.46. The van der Waals surface area contributed by atoms with E-state index in [0.29, 0.717) is 19.0 Å². The van der Waals surface area contributed by atoms with Crippen molar-refractivity contribution in [3.05, 3.63) is 41.6 Å². The van der Waals surface area contributed by atoms with Gasteiger partial charge in [-0.2, -0.15) is 4.98 Å². The molecule has 2 heterocycles. The number of nitrogen functional groups attached to an aromatic ring is 1. The lowest BCUT2D eigenvalue weighted by atomic mass is 10.2. The van der Waals surface area contributed by atoms with E-state index in [0.717, 1.165) is 29.5 Å². The summed E-state index contributed by atoms with van der Waals surface area (Å²) >= 11 is 1.61. The number of nitrogens with two attached hydrogens (primary N) is 1. The molecule has 1 fully saturated rings. The van der Waals surface area contributed by atoms with Crippen molar-refractivity contribution in [2.24, 2.45) is 0 Å². The Labute approximate surface area is 158 Å². The lowest BCUT2D eigenvalue weighted by molar-refractivity contribution is -0.130. The quantitative estimate of drug-likeness (QED) is 0.833. The van der Waals surface area contributed by atoms with E-state index in [1.807, 2.05) is 24.8 Å². The molecule has 1 aromatic heterocycles. The van der Waals surface area contributed by atoms with Gasteiger partial charge in [-0.05, 0) is 32.9 Å². The van der Waals surface area contributed by atoms with Crippen LogP contribution in [0.25, 0.3) is 0 Å². The second kappa shape index (κ2) is 7.95. The van der Waals surface area contributed by atoms with Crippen LogP contribution in [0.4, 0.5) is 11.8 Å². The highest BCUT2D eigenvalue weighted by molar-refractivity contribution is 8.00. The van der Waals surface area contributed by atoms with Crippen molar-refractivity contribution in [2.75, 3.05) is 36.8 Å². The maximum absolute atomic E-state index is 12.8. The predicted molar refractivity (Wildman–Crippen MR) is 106 cm³/mol. The number of hydrogen-bond acceptors (Lipinski definition) is 6. The van der Waals surface area contributed by atoms with Crippen molar-refractivity contribution >= 4 is 29.4 Å². The van der Waals surface area contributed by atoms with Crippen molar-refractivity contribution in [2.45, 2.75) is 30.9 Å². The van der Waals surface area contributed by atoms with Crippen LogP contribution in [0.15, 0.2) is 35.2 Å². The molecule has 1 saturated heterocycles. The van der Waals surface area contributed by atoms with Gasteiger partial charge in [0.2, 0.25) is 11.9 Å². The first-order valence-electron chi connectivity index (χ1n) is 8.80. The van der Waals surface area contributed by atoms with E-state index in [1.165, 1.54) is 5.56 Å². The van der Waals surface area contributed by atoms with E-state index in [4.69, 9.17) is 5.73 Å². The number of aryl methyl sites for hydroxylation is 2. The normalized spacial score (nSPS) is 15.8. The van der Waals surface area contributed by atoms with Gasteiger partial charge in [0.15, 0.2) is 0 Å². The van der Waals surface area contributed by atoms with Gasteiger partial charge in [-0.1, -0.05) is 17.7 Å². The monoisotopic (exact) mass is 371 g/mol. The van der Waals surface area contributed by atoms with Crippen LogP contribution in [0.3, 0.4) is 0 Å². The number of carbonyl (C=O) groups excluding carboxylic acids is 1. The third-order valence-corrected chi connectivity index (χ3v) is 5.55. The Morgan fingerprint density at radius 2 is 1.77 bits per heavy atom. The van der Waals surface area contributed by atoms with Gasteiger partial charge in [0, 0.05) is 42.8 Å². The highest BCUT2D eigenvalue weighted by Gasteiger charge is 2.26. The number of aromatic nitrogens is 2. The van der Waals surface area contributed by atoms with Crippen LogP contribution in [0, 0.1) is 13.8 Å². The molecule has 6 nitrogen and oxygen atoms in total. The molecular weight excluding hydrogens is 346 g/mol. The van der Waals surface area contributed by atoms with E-state index in [1.54, 1.807) is 11.8 Å². The van der Waals surface area contributed by atoms with Crippen molar-refractivity contribution in [1.29, 1.82) is 0 Å². The number of carbonyl (C=O) groups is 1. The predicted octanol–water partition coefficient (Wildman–Crippen LogP) is 2.51. The van der Waals surface area contributed by atoms with Crippen LogP contribution >= 0.6 is 11.8 Å². The summed E-state index contributed by atoms with van der Waals surface area (Å²) < 4.78 is 0. The van der Waals surface area contributed by atoms with E-state index in [-0.39, 0.29) is 11.2 Å². The molecule has 2 N–H and O–H groups in total. The second-order valence-electron chi connectivity index (χ2n) is 6.61. The first-order valence-corrected chi connectivity index (χ1v) is 9.68. The van der Waals surface area contributed by atoms with Crippen LogP contribution in [0.2, 0.25) is 0 Å². The zero-order valence-electron chi connectivity index (χ0n) is 15.5. The van der Waals surface area contributed by atoms with Gasteiger partial charge in [0.25, 0.3) is 0 Å². The number of benzene rings is 1. The summed E-state index contributed by atoms with van der Waals surface area (Å²) in [4.78, 5) is 26.4. The van der Waals surface area contributed by atoms with E-state index >= 15 is 0 Å². The van der Waals surface area contributed by atoms with Crippen molar-refractivity contribution < 1.29 is 4.79 Å². The minimum Gasteiger partial charge on any atom is -0.368 e. The first kappa shape index (κ1) is 18.5. The maximum atomic E-state index is 12.8. The summed E-state index contributed by atoms with van der Waals surface area (Å²) in [7, 11) is 0. The Morgan fingerprint density at radius 1 is 1.12 bits per heavy atom. The van der Waals surface area contributed by atoms with Gasteiger partial charge >= 0.3 is 0 Å². The summed E-state index contributed by atoms with van der Waals surface area (Å²) in [6.45, 7) is 8.85. The topological polar surface area (TPSA) is 75.4 Å². The molecule has 0 aliphatic carbocycles. The smallest absolute Gasteiger partial charge is 0.235 e. The Morgan fingerprint density at radius 3 is 2.38 bits per heavy atom. The van der Waals surface area contributed by atoms with Crippen LogP contribution in [0.1, 0.15) is 18.2 Å². The summed E-state index contributed by atoms with van der Waals surface area (Å²) in [5.41, 5.74) is 7.83. The molecule has 2 aromatic rings. The number of rotatable bonds is 4. The minimum atomic E-state index is -0.0961. The number of hydrogen-bond donors (Lipinski definition) is 1. The summed E-state index contributed by atoms with van der Waals surface area (Å²) in [6.07, 6.45) is 0. The number of thioether (sulfide) groups is 1. The fourth-order valence-electron chi connectivity index (χ4n) is 3.02. The van der Waals surface area contributed by atoms with Gasteiger partial charge in [0.1, 0.15) is 5.82 Å². The van der Waals surface area contributed by atoms with E-state index < -0.39 is 0 Å². The molecule has 0 spiro atoms. The molecule has 1 aliphatic rings. The van der Waals surface area contributed by atoms with Crippen LogP contribution < -0.4 is 10.6 Å². The molecule has 1 amide bonds. The standard InChI is InChI=1S/C19H25N5OS/c1-13-4-6-16(7-5-13)26-15(3)18(25)24-10-8-23(9-11-24)17-12-14(2)21-19(20)22-17/h4-7,12,15H,8-11H2,1-3H3,(H2,20,21,22)/t15-/m1/s1. The van der Waals surface area contributed by atoms with Gasteiger partial charge < -0.3 is 15.5 Å². The molecule has 0 saturated carbocycles. The molecule has 26 heavy (non-hydrogen) atoms. The summed E-state index contributed by atoms with van der Waals surface area (Å²) in [5, 5.41) is -0.0961. The summed E-state index contributed by atoms with van der Waals surface area (Å²) in [5.74, 6) is 1.32. The van der Waals surface area contributed by atoms with Crippen LogP contribution in [-0.4, -0.2) is 52.2 Å². The lowest BCUT2D eigenvalue weighted by Gasteiger charge is -2.36. The second-order valence-corrected chi connectivity index (χ2v) is 8.03. The average Bonchev–Trinajstić information content (AvgIpc) is 2.62. The zero-order chi connectivity index (χ0) is 18.7. The number of nitrogens with zero attached hydrogens (tertiary/aromatic N) is 4. The van der Waals surface area contributed by atoms with E-state index in [2.05, 4.69) is 46.1 Å². The molecule has 138 valence electrons. The molecule has 0 bridgehead atoms. The van der Waals surface area contributed by atoms with Crippen LogP contribution in [0.5, 0.6) is 0 Å². The molecule has 1 aliphatic heterocycles. The Hall–Kier alpha value is -2.28. The SMILES string of the molecule is Cc1ccc(S[C@H](C)C(=O)N2CCN(c3cc(C)nc(N)n3)CC2)cc1. The zero-order valence-corrected chi connectivity index (χ0v) is 16.3. The Bertz CT molecular complexity index is 752. The molecule has 0 radical (unpaired) electrons. The molecular formula is C19H25N5OS. The number of amides is 1. The molecule has 0 unspecified atom stereocenters.